The summed E-state index contributed by atoms with van der Waals surface area (Å²) in [4.78, 5) is 17.3. The number of sulfonamides is 1. The molecule has 4 aromatic rings. The Morgan fingerprint density at radius 1 is 1.06 bits per heavy atom. The number of aryl methyl sites for hydroxylation is 3. The van der Waals surface area contributed by atoms with Gasteiger partial charge in [-0.15, -0.1) is 0 Å². The molecule has 0 aliphatic heterocycles. The Kier molecular flexibility index (Phi) is 7.57. The van der Waals surface area contributed by atoms with Crippen molar-refractivity contribution < 1.29 is 13.2 Å². The van der Waals surface area contributed by atoms with Gasteiger partial charge in [-0.05, 0) is 42.1 Å². The number of para-hydroxylation sites is 1. The van der Waals surface area contributed by atoms with E-state index in [2.05, 4.69) is 39.3 Å². The number of nitrogens with one attached hydrogen (secondary N) is 1. The Bertz CT molecular complexity index is 1430. The van der Waals surface area contributed by atoms with Crippen LogP contribution in [0.15, 0.2) is 59.6 Å². The first kappa shape index (κ1) is 24.9. The van der Waals surface area contributed by atoms with Crippen LogP contribution in [0.1, 0.15) is 32.5 Å². The van der Waals surface area contributed by atoms with Crippen LogP contribution in [0.4, 0.5) is 0 Å². The highest BCUT2D eigenvalue weighted by molar-refractivity contribution is 7.89. The van der Waals surface area contributed by atoms with E-state index in [0.29, 0.717) is 38.0 Å². The second kappa shape index (κ2) is 10.6. The Morgan fingerprint density at radius 2 is 1.83 bits per heavy atom. The van der Waals surface area contributed by atoms with Gasteiger partial charge in [0.1, 0.15) is 5.82 Å². The fraction of sp³-hybridized carbons (Fsp3) is 0.385. The van der Waals surface area contributed by atoms with Crippen molar-refractivity contribution in [3.05, 3.63) is 60.6 Å². The zero-order valence-electron chi connectivity index (χ0n) is 20.6. The molecule has 0 bridgehead atoms. The van der Waals surface area contributed by atoms with Crippen molar-refractivity contribution in [1.29, 1.82) is 0 Å². The largest absolute Gasteiger partial charge is 0.356 e. The van der Waals surface area contributed by atoms with E-state index in [1.807, 2.05) is 37.6 Å². The number of hydrogen-bond acceptors (Lipinski definition) is 4. The van der Waals surface area contributed by atoms with Crippen LogP contribution in [0.2, 0.25) is 0 Å². The smallest absolute Gasteiger partial charge is 0.243 e. The molecule has 2 aromatic heterocycles. The van der Waals surface area contributed by atoms with Crippen molar-refractivity contribution in [3.63, 3.8) is 0 Å². The second-order valence-electron chi connectivity index (χ2n) is 8.60. The fourth-order valence-corrected chi connectivity index (χ4v) is 5.93. The van der Waals surface area contributed by atoms with Gasteiger partial charge >= 0.3 is 0 Å². The van der Waals surface area contributed by atoms with E-state index in [1.54, 1.807) is 18.2 Å². The van der Waals surface area contributed by atoms with Crippen LogP contribution in [0.25, 0.3) is 21.9 Å². The number of nitrogens with zero attached hydrogens (tertiary/aromatic N) is 4. The molecule has 2 aromatic carbocycles. The van der Waals surface area contributed by atoms with E-state index < -0.39 is 10.0 Å². The minimum atomic E-state index is -3.55. The lowest BCUT2D eigenvalue weighted by Gasteiger charge is -2.18. The molecule has 1 amide bonds. The Labute approximate surface area is 206 Å². The van der Waals surface area contributed by atoms with E-state index in [1.165, 1.54) is 15.2 Å². The Hall–Kier alpha value is -3.17. The number of imidazole rings is 1. The molecule has 4 rings (SSSR count). The van der Waals surface area contributed by atoms with E-state index in [-0.39, 0.29) is 10.8 Å². The molecule has 35 heavy (non-hydrogen) atoms. The standard InChI is InChI=1S/C26H33N5O3S/c1-4-31(5-2)35(33,34)21-11-12-24-22(19-21)28-25(29(24)3)13-14-26(32)27-16-8-17-30-18-15-20-9-6-7-10-23(20)30/h6-7,9-12,15,18-19H,4-5,8,13-14,16-17H2,1-3H3,(H,27,32). The normalized spacial score (nSPS) is 12.1. The van der Waals surface area contributed by atoms with Crippen molar-refractivity contribution in [2.24, 2.45) is 7.05 Å². The third-order valence-corrected chi connectivity index (χ3v) is 8.49. The topological polar surface area (TPSA) is 89.2 Å². The number of carbonyl (C=O) groups excluding carboxylic acids is 1. The van der Waals surface area contributed by atoms with Crippen molar-refractivity contribution in [2.75, 3.05) is 19.6 Å². The molecule has 9 heteroatoms. The van der Waals surface area contributed by atoms with Crippen LogP contribution in [0.5, 0.6) is 0 Å². The van der Waals surface area contributed by atoms with Gasteiger partial charge in [0.2, 0.25) is 15.9 Å². The number of carbonyl (C=O) groups is 1. The lowest BCUT2D eigenvalue weighted by molar-refractivity contribution is -0.121. The van der Waals surface area contributed by atoms with Crippen LogP contribution in [0.3, 0.4) is 0 Å². The highest BCUT2D eigenvalue weighted by Gasteiger charge is 2.22. The maximum absolute atomic E-state index is 12.8. The number of aromatic nitrogens is 3. The quantitative estimate of drug-likeness (QED) is 0.321. The van der Waals surface area contributed by atoms with Crippen LogP contribution in [-0.2, 0) is 34.8 Å². The molecule has 1 N–H and O–H groups in total. The number of benzene rings is 2. The van der Waals surface area contributed by atoms with E-state index in [9.17, 15) is 13.2 Å². The van der Waals surface area contributed by atoms with E-state index in [0.717, 1.165) is 24.3 Å². The number of amides is 1. The minimum Gasteiger partial charge on any atom is -0.356 e. The van der Waals surface area contributed by atoms with Crippen LogP contribution in [-0.4, -0.2) is 52.4 Å². The molecular formula is C26H33N5O3S. The molecule has 8 nitrogen and oxygen atoms in total. The maximum Gasteiger partial charge on any atom is 0.243 e. The van der Waals surface area contributed by atoms with Crippen LogP contribution in [0, 0.1) is 0 Å². The van der Waals surface area contributed by atoms with E-state index in [4.69, 9.17) is 0 Å². The average molecular weight is 496 g/mol. The molecule has 0 aliphatic carbocycles. The summed E-state index contributed by atoms with van der Waals surface area (Å²) in [7, 11) is -1.65. The summed E-state index contributed by atoms with van der Waals surface area (Å²) in [5.41, 5.74) is 2.67. The summed E-state index contributed by atoms with van der Waals surface area (Å²) in [6.45, 7) is 5.94. The van der Waals surface area contributed by atoms with Gasteiger partial charge in [0.05, 0.1) is 15.9 Å². The Morgan fingerprint density at radius 3 is 2.60 bits per heavy atom. The molecule has 2 heterocycles. The van der Waals surface area contributed by atoms with E-state index >= 15 is 0 Å². The summed E-state index contributed by atoms with van der Waals surface area (Å²) in [6.07, 6.45) is 3.74. The Balaban J connectivity index is 1.32. The van der Waals surface area contributed by atoms with Gasteiger partial charge < -0.3 is 14.5 Å². The zero-order valence-corrected chi connectivity index (χ0v) is 21.4. The number of hydrogen-bond donors (Lipinski definition) is 1. The minimum absolute atomic E-state index is 0.0146. The van der Waals surface area contributed by atoms with Gasteiger partial charge in [0.25, 0.3) is 0 Å². The predicted octanol–water partition coefficient (Wildman–Crippen LogP) is 3.70. The van der Waals surface area contributed by atoms with Gasteiger partial charge in [-0.1, -0.05) is 32.0 Å². The van der Waals surface area contributed by atoms with Crippen molar-refractivity contribution in [1.82, 2.24) is 23.7 Å². The van der Waals surface area contributed by atoms with Gasteiger partial charge in [-0.2, -0.15) is 4.31 Å². The van der Waals surface area contributed by atoms with Crippen molar-refractivity contribution in [2.45, 2.75) is 44.6 Å². The first-order chi connectivity index (χ1) is 16.8. The summed E-state index contributed by atoms with van der Waals surface area (Å²) in [6, 6.07) is 15.4. The highest BCUT2D eigenvalue weighted by atomic mass is 32.2. The molecule has 0 atom stereocenters. The van der Waals surface area contributed by atoms with Crippen molar-refractivity contribution >= 4 is 37.9 Å². The predicted molar refractivity (Wildman–Crippen MR) is 139 cm³/mol. The lowest BCUT2D eigenvalue weighted by Crippen LogP contribution is -2.30. The molecule has 0 spiro atoms. The molecule has 0 saturated carbocycles. The number of fused-ring (bicyclic) bond motifs is 2. The van der Waals surface area contributed by atoms with Gasteiger partial charge in [0.15, 0.2) is 0 Å². The molecule has 186 valence electrons. The first-order valence-corrected chi connectivity index (χ1v) is 13.5. The van der Waals surface area contributed by atoms with Crippen LogP contribution < -0.4 is 5.32 Å². The van der Waals surface area contributed by atoms with Crippen molar-refractivity contribution in [3.8, 4) is 0 Å². The third kappa shape index (κ3) is 5.26. The van der Waals surface area contributed by atoms with Gasteiger partial charge in [-0.25, -0.2) is 13.4 Å². The summed E-state index contributed by atoms with van der Waals surface area (Å²) >= 11 is 0. The monoisotopic (exact) mass is 495 g/mol. The summed E-state index contributed by atoms with van der Waals surface area (Å²) in [5.74, 6) is 0.741. The van der Waals surface area contributed by atoms with Crippen LogP contribution >= 0.6 is 0 Å². The number of rotatable bonds is 11. The molecule has 0 fully saturated rings. The lowest BCUT2D eigenvalue weighted by atomic mass is 10.2. The SMILES string of the molecule is CCN(CC)S(=O)(=O)c1ccc2c(c1)nc(CCC(=O)NCCCn1ccc3ccccc31)n2C. The third-order valence-electron chi connectivity index (χ3n) is 6.44. The zero-order chi connectivity index (χ0) is 25.0. The fourth-order valence-electron chi connectivity index (χ4n) is 4.45. The summed E-state index contributed by atoms with van der Waals surface area (Å²) in [5, 5.41) is 4.22. The molecule has 0 radical (unpaired) electrons. The molecule has 0 aliphatic rings. The maximum atomic E-state index is 12.8. The first-order valence-electron chi connectivity index (χ1n) is 12.1. The second-order valence-corrected chi connectivity index (χ2v) is 10.5. The highest BCUT2D eigenvalue weighted by Crippen LogP contribution is 2.23. The molecule has 0 saturated heterocycles. The molecular weight excluding hydrogens is 462 g/mol. The van der Waals surface area contributed by atoms with Gasteiger partial charge in [0, 0.05) is 57.8 Å². The summed E-state index contributed by atoms with van der Waals surface area (Å²) < 4.78 is 31.3. The average Bonchev–Trinajstić information content (AvgIpc) is 3.41. The molecule has 0 unspecified atom stereocenters. The van der Waals surface area contributed by atoms with Gasteiger partial charge in [-0.3, -0.25) is 4.79 Å².